The van der Waals surface area contributed by atoms with Crippen LogP contribution < -0.4 is 0 Å². The molecule has 0 aliphatic heterocycles. The molecule has 0 radical (unpaired) electrons. The van der Waals surface area contributed by atoms with Crippen LogP contribution in [-0.2, 0) is 4.74 Å². The fourth-order valence-corrected chi connectivity index (χ4v) is 2.50. The quantitative estimate of drug-likeness (QED) is 0.726. The Kier molecular flexibility index (Phi) is 5.27. The van der Waals surface area contributed by atoms with Crippen molar-refractivity contribution >= 4 is 11.6 Å². The van der Waals surface area contributed by atoms with Crippen molar-refractivity contribution in [1.29, 1.82) is 0 Å². The Morgan fingerprint density at radius 1 is 1.11 bits per heavy atom. The van der Waals surface area contributed by atoms with E-state index in [1.165, 1.54) is 0 Å². The Balaban J connectivity index is 2.85. The maximum atomic E-state index is 12.0. The second-order valence-electron chi connectivity index (χ2n) is 4.77. The average Bonchev–Trinajstić information content (AvgIpc) is 2.25. The van der Waals surface area contributed by atoms with E-state index in [4.69, 9.17) is 11.6 Å². The maximum Gasteiger partial charge on any atom is 0.411 e. The number of alkyl halides is 4. The highest BCUT2D eigenvalue weighted by Crippen LogP contribution is 2.31. The Morgan fingerprint density at radius 2 is 1.58 bits per heavy atom. The number of hydrogen-bond acceptors (Lipinski definition) is 1. The molecule has 0 aliphatic carbocycles. The number of benzene rings is 1. The largest absolute Gasteiger partial charge is 0.411 e. The minimum absolute atomic E-state index is 0.147. The van der Waals surface area contributed by atoms with Gasteiger partial charge in [-0.05, 0) is 55.5 Å². The van der Waals surface area contributed by atoms with Crippen LogP contribution in [0.1, 0.15) is 33.2 Å². The molecule has 1 unspecified atom stereocenters. The fraction of sp³-hybridized carbons (Fsp3) is 0.571. The molecule has 0 saturated carbocycles. The second-order valence-corrected chi connectivity index (χ2v) is 5.30. The normalized spacial score (nSPS) is 13.7. The lowest BCUT2D eigenvalue weighted by molar-refractivity contribution is -0.173. The van der Waals surface area contributed by atoms with Crippen molar-refractivity contribution in [3.8, 4) is 0 Å². The number of aryl methyl sites for hydroxylation is 2. The van der Waals surface area contributed by atoms with Gasteiger partial charge in [-0.15, -0.1) is 11.6 Å². The molecule has 19 heavy (non-hydrogen) atoms. The monoisotopic (exact) mass is 294 g/mol. The summed E-state index contributed by atoms with van der Waals surface area (Å²) in [6, 6.07) is 2.05. The van der Waals surface area contributed by atoms with Crippen molar-refractivity contribution in [3.63, 3.8) is 0 Å². The van der Waals surface area contributed by atoms with Crippen LogP contribution in [0.4, 0.5) is 13.2 Å². The summed E-state index contributed by atoms with van der Waals surface area (Å²) >= 11 is 6.20. The van der Waals surface area contributed by atoms with E-state index in [0.717, 1.165) is 27.8 Å². The van der Waals surface area contributed by atoms with Gasteiger partial charge in [0.1, 0.15) is 6.61 Å². The Morgan fingerprint density at radius 3 is 2.00 bits per heavy atom. The molecular formula is C14H18ClF3O. The van der Waals surface area contributed by atoms with Gasteiger partial charge in [0, 0.05) is 0 Å². The molecule has 0 bridgehead atoms. The molecule has 0 N–H and O–H groups in total. The van der Waals surface area contributed by atoms with Crippen LogP contribution in [-0.4, -0.2) is 19.4 Å². The van der Waals surface area contributed by atoms with Crippen molar-refractivity contribution in [2.24, 2.45) is 0 Å². The highest BCUT2D eigenvalue weighted by Gasteiger charge is 2.28. The summed E-state index contributed by atoms with van der Waals surface area (Å²) in [6.45, 7) is 6.37. The molecule has 1 aromatic rings. The molecule has 1 atom stereocenters. The predicted octanol–water partition coefficient (Wildman–Crippen LogP) is 4.78. The summed E-state index contributed by atoms with van der Waals surface area (Å²) in [5.41, 5.74) is 5.07. The molecule has 1 aromatic carbocycles. The fourth-order valence-electron chi connectivity index (χ4n) is 2.08. The lowest BCUT2D eigenvalue weighted by Gasteiger charge is -2.20. The van der Waals surface area contributed by atoms with Gasteiger partial charge in [0.15, 0.2) is 0 Å². The van der Waals surface area contributed by atoms with E-state index >= 15 is 0 Å². The molecule has 5 heteroatoms. The van der Waals surface area contributed by atoms with E-state index in [0.29, 0.717) is 0 Å². The van der Waals surface area contributed by atoms with Gasteiger partial charge in [-0.25, -0.2) is 0 Å². The van der Waals surface area contributed by atoms with E-state index in [9.17, 15) is 13.2 Å². The van der Waals surface area contributed by atoms with E-state index in [1.807, 2.05) is 33.8 Å². The lowest BCUT2D eigenvalue weighted by atomic mass is 9.92. The molecule has 0 spiro atoms. The number of rotatable bonds is 4. The molecule has 1 nitrogen and oxygen atoms in total. The van der Waals surface area contributed by atoms with Gasteiger partial charge in [0.05, 0.1) is 12.0 Å². The van der Waals surface area contributed by atoms with Crippen LogP contribution in [0.3, 0.4) is 0 Å². The second kappa shape index (κ2) is 6.14. The van der Waals surface area contributed by atoms with E-state index < -0.39 is 18.2 Å². The SMILES string of the molecule is Cc1cc(C)c(C)c(C(Cl)COCC(F)(F)F)c1C. The van der Waals surface area contributed by atoms with Gasteiger partial charge < -0.3 is 4.74 Å². The first-order valence-electron chi connectivity index (χ1n) is 5.99. The zero-order valence-corrected chi connectivity index (χ0v) is 12.2. The number of ether oxygens (including phenoxy) is 1. The van der Waals surface area contributed by atoms with Gasteiger partial charge in [0.2, 0.25) is 0 Å². The van der Waals surface area contributed by atoms with Crippen molar-refractivity contribution in [2.75, 3.05) is 13.2 Å². The van der Waals surface area contributed by atoms with Crippen LogP contribution in [0.2, 0.25) is 0 Å². The Bertz CT molecular complexity index is 429. The van der Waals surface area contributed by atoms with Gasteiger partial charge in [0.25, 0.3) is 0 Å². The first-order chi connectivity index (χ1) is 8.63. The Labute approximate surface area is 116 Å². The third kappa shape index (κ3) is 4.39. The third-order valence-electron chi connectivity index (χ3n) is 3.27. The summed E-state index contributed by atoms with van der Waals surface area (Å²) in [7, 11) is 0. The molecule has 0 heterocycles. The topological polar surface area (TPSA) is 9.23 Å². The molecular weight excluding hydrogens is 277 g/mol. The van der Waals surface area contributed by atoms with E-state index in [-0.39, 0.29) is 6.61 Å². The first kappa shape index (κ1) is 16.3. The highest BCUT2D eigenvalue weighted by atomic mass is 35.5. The first-order valence-corrected chi connectivity index (χ1v) is 6.43. The molecule has 0 aliphatic rings. The van der Waals surface area contributed by atoms with Gasteiger partial charge >= 0.3 is 6.18 Å². The lowest BCUT2D eigenvalue weighted by Crippen LogP contribution is -2.19. The number of halogens is 4. The van der Waals surface area contributed by atoms with Crippen LogP contribution >= 0.6 is 11.6 Å². The average molecular weight is 295 g/mol. The smallest absolute Gasteiger partial charge is 0.370 e. The zero-order valence-electron chi connectivity index (χ0n) is 11.5. The predicted molar refractivity (Wildman–Crippen MR) is 70.9 cm³/mol. The summed E-state index contributed by atoms with van der Waals surface area (Å²) in [6.07, 6.45) is -4.32. The summed E-state index contributed by atoms with van der Waals surface area (Å²) < 4.78 is 40.7. The molecule has 0 fully saturated rings. The standard InChI is InChI=1S/C14H18ClF3O/c1-8-5-9(2)11(4)13(10(8)3)12(15)6-19-7-14(16,17)18/h5,12H,6-7H2,1-4H3. The van der Waals surface area contributed by atoms with Gasteiger partial charge in [-0.1, -0.05) is 6.07 Å². The van der Waals surface area contributed by atoms with E-state index in [2.05, 4.69) is 4.74 Å². The van der Waals surface area contributed by atoms with Gasteiger partial charge in [-0.2, -0.15) is 13.2 Å². The van der Waals surface area contributed by atoms with Crippen molar-refractivity contribution in [2.45, 2.75) is 39.2 Å². The summed E-state index contributed by atoms with van der Waals surface area (Å²) in [4.78, 5) is 0. The Hall–Kier alpha value is -0.740. The zero-order chi connectivity index (χ0) is 14.8. The van der Waals surface area contributed by atoms with Gasteiger partial charge in [-0.3, -0.25) is 0 Å². The van der Waals surface area contributed by atoms with Crippen LogP contribution in [0.25, 0.3) is 0 Å². The molecule has 1 rings (SSSR count). The summed E-state index contributed by atoms with van der Waals surface area (Å²) in [5.74, 6) is 0. The van der Waals surface area contributed by atoms with Crippen molar-refractivity contribution in [1.82, 2.24) is 0 Å². The van der Waals surface area contributed by atoms with Crippen LogP contribution in [0, 0.1) is 27.7 Å². The van der Waals surface area contributed by atoms with Crippen molar-refractivity contribution in [3.05, 3.63) is 33.9 Å². The third-order valence-corrected chi connectivity index (χ3v) is 3.61. The summed E-state index contributed by atoms with van der Waals surface area (Å²) in [5, 5.41) is -0.569. The van der Waals surface area contributed by atoms with Crippen LogP contribution in [0.15, 0.2) is 6.07 Å². The molecule has 0 amide bonds. The minimum atomic E-state index is -4.32. The molecule has 0 saturated heterocycles. The van der Waals surface area contributed by atoms with E-state index in [1.54, 1.807) is 0 Å². The molecule has 108 valence electrons. The van der Waals surface area contributed by atoms with Crippen molar-refractivity contribution < 1.29 is 17.9 Å². The molecule has 0 aromatic heterocycles. The maximum absolute atomic E-state index is 12.0. The highest BCUT2D eigenvalue weighted by molar-refractivity contribution is 6.21. The minimum Gasteiger partial charge on any atom is -0.370 e. The number of hydrogen-bond donors (Lipinski definition) is 0. The van der Waals surface area contributed by atoms with Crippen LogP contribution in [0.5, 0.6) is 0 Å².